The van der Waals surface area contributed by atoms with Gasteiger partial charge in [-0.05, 0) is 0 Å². The second kappa shape index (κ2) is 6.69. The molecule has 0 aliphatic carbocycles. The van der Waals surface area contributed by atoms with Crippen LogP contribution in [0.5, 0.6) is 0 Å². The molecule has 98 valence electrons. The molecule has 0 aliphatic rings. The summed E-state index contributed by atoms with van der Waals surface area (Å²) in [6, 6.07) is 0. The van der Waals surface area contributed by atoms with Crippen molar-refractivity contribution in [3.8, 4) is 0 Å². The minimum atomic E-state index is -2.31. The average molecular weight is 282 g/mol. The van der Waals surface area contributed by atoms with Crippen molar-refractivity contribution in [1.29, 1.82) is 0 Å². The fourth-order valence-corrected chi connectivity index (χ4v) is 1.04. The molecule has 0 rings (SSSR count). The quantitative estimate of drug-likeness (QED) is 0.205. The van der Waals surface area contributed by atoms with Crippen molar-refractivity contribution >= 4 is 43.0 Å². The number of carbonyl (C=O) groups excluding carboxylic acids is 2. The van der Waals surface area contributed by atoms with E-state index >= 15 is 0 Å². The van der Waals surface area contributed by atoms with E-state index in [2.05, 4.69) is 30.6 Å². The number of aliphatic carboxylic acids is 1. The highest BCUT2D eigenvalue weighted by Crippen LogP contribution is 2.00. The van der Waals surface area contributed by atoms with E-state index in [9.17, 15) is 14.4 Å². The zero-order chi connectivity index (χ0) is 13.6. The van der Waals surface area contributed by atoms with Crippen LogP contribution < -0.4 is 22.1 Å². The smallest absolute Gasteiger partial charge is 0.348 e. The van der Waals surface area contributed by atoms with Crippen LogP contribution in [0.4, 0.5) is 0 Å². The fourth-order valence-electron chi connectivity index (χ4n) is 0.867. The third-order valence-electron chi connectivity index (χ3n) is 1.79. The number of carbonyl (C=O) groups is 3. The Morgan fingerprint density at radius 2 is 1.71 bits per heavy atom. The number of hydrogen-bond acceptors (Lipinski definition) is 7. The molecule has 17 heavy (non-hydrogen) atoms. The summed E-state index contributed by atoms with van der Waals surface area (Å²) in [4.78, 5) is 33.0. The molecule has 2 atom stereocenters. The van der Waals surface area contributed by atoms with Gasteiger partial charge in [0.15, 0.2) is 0 Å². The second-order valence-electron chi connectivity index (χ2n) is 3.08. The van der Waals surface area contributed by atoms with Gasteiger partial charge in [0, 0.05) is 0 Å². The van der Waals surface area contributed by atoms with Crippen molar-refractivity contribution in [1.82, 2.24) is 10.6 Å². The van der Waals surface area contributed by atoms with Gasteiger partial charge < -0.3 is 21.5 Å². The number of thiol groups is 2. The lowest BCUT2D eigenvalue weighted by Crippen LogP contribution is -2.75. The summed E-state index contributed by atoms with van der Waals surface area (Å²) >= 11 is 7.32. The zero-order valence-electron chi connectivity index (χ0n) is 8.71. The molecule has 0 saturated carbocycles. The Labute approximate surface area is 108 Å². The Kier molecular flexibility index (Phi) is 6.31. The Morgan fingerprint density at radius 3 is 2.06 bits per heavy atom. The van der Waals surface area contributed by atoms with Crippen molar-refractivity contribution in [3.05, 3.63) is 0 Å². The van der Waals surface area contributed by atoms with Crippen LogP contribution >= 0.6 is 25.3 Å². The molecule has 0 radical (unpaired) electrons. The maximum atomic E-state index is 11.1. The van der Waals surface area contributed by atoms with E-state index < -0.39 is 29.6 Å². The molecule has 0 heterocycles. The molecule has 0 saturated heterocycles. The summed E-state index contributed by atoms with van der Waals surface area (Å²) in [6.07, 6.45) is -1.50. The molecule has 0 fully saturated rings. The number of hydrogen-bond donors (Lipinski definition) is 7. The zero-order valence-corrected chi connectivity index (χ0v) is 10.5. The van der Waals surface area contributed by atoms with Gasteiger partial charge in [0.25, 0.3) is 0 Å². The number of nitrogens with two attached hydrogens (primary N) is 2. The summed E-state index contributed by atoms with van der Waals surface area (Å²) in [7, 11) is 0. The van der Waals surface area contributed by atoms with Gasteiger partial charge in [-0.1, -0.05) is 0 Å². The summed E-state index contributed by atoms with van der Waals surface area (Å²) in [5.41, 5.74) is 8.55. The van der Waals surface area contributed by atoms with Crippen LogP contribution in [0.2, 0.25) is 0 Å². The molecule has 0 aromatic rings. The van der Waals surface area contributed by atoms with Crippen LogP contribution in [-0.4, -0.2) is 46.2 Å². The Hall–Kier alpha value is -0.970. The van der Waals surface area contributed by atoms with Gasteiger partial charge in [-0.3, -0.25) is 15.3 Å². The number of nitrogens with one attached hydrogen (secondary N) is 2. The van der Waals surface area contributed by atoms with Gasteiger partial charge in [-0.25, -0.2) is 4.79 Å². The third-order valence-corrected chi connectivity index (χ3v) is 2.37. The Bertz CT molecular complexity index is 327. The molecule has 0 aromatic heterocycles. The van der Waals surface area contributed by atoms with Crippen LogP contribution in [0.25, 0.3) is 0 Å². The fraction of sp³-hybridized carbons (Fsp3) is 0.571. The Balaban J connectivity index is 4.87. The predicted molar refractivity (Wildman–Crippen MR) is 66.5 cm³/mol. The van der Waals surface area contributed by atoms with Gasteiger partial charge in [0.05, 0.1) is 11.5 Å². The first-order chi connectivity index (χ1) is 7.77. The highest BCUT2D eigenvalue weighted by Gasteiger charge is 2.42. The van der Waals surface area contributed by atoms with E-state index in [1.807, 2.05) is 5.32 Å². The maximum absolute atomic E-state index is 11.1. The van der Waals surface area contributed by atoms with E-state index in [-0.39, 0.29) is 11.5 Å². The average Bonchev–Trinajstić information content (AvgIpc) is 2.27. The normalized spacial score (nSPS) is 15.5. The van der Waals surface area contributed by atoms with Crippen molar-refractivity contribution in [2.45, 2.75) is 11.8 Å². The van der Waals surface area contributed by atoms with Crippen LogP contribution in [0.15, 0.2) is 0 Å². The van der Waals surface area contributed by atoms with E-state index in [0.29, 0.717) is 0 Å². The summed E-state index contributed by atoms with van der Waals surface area (Å²) in [5.74, 6) is -3.38. The molecule has 10 heteroatoms. The second-order valence-corrected chi connectivity index (χ2v) is 3.72. The first-order valence-electron chi connectivity index (χ1n) is 4.37. The summed E-state index contributed by atoms with van der Waals surface area (Å²) < 4.78 is 0. The first kappa shape index (κ1) is 16.0. The lowest BCUT2D eigenvalue weighted by Gasteiger charge is -2.31. The number of carboxylic acids is 1. The van der Waals surface area contributed by atoms with Gasteiger partial charge in [-0.2, -0.15) is 25.3 Å². The molecular weight excluding hydrogens is 268 g/mol. The SMILES string of the molecule is NC(NC(=O)CS)C(N)(NC(=O)CS)C(=O)O. The van der Waals surface area contributed by atoms with E-state index in [1.54, 1.807) is 0 Å². The van der Waals surface area contributed by atoms with E-state index in [1.165, 1.54) is 0 Å². The molecule has 0 aliphatic heterocycles. The largest absolute Gasteiger partial charge is 0.478 e. The van der Waals surface area contributed by atoms with Crippen LogP contribution in [-0.2, 0) is 14.4 Å². The van der Waals surface area contributed by atoms with E-state index in [4.69, 9.17) is 16.6 Å². The molecule has 8 nitrogen and oxygen atoms in total. The molecule has 0 spiro atoms. The third kappa shape index (κ3) is 4.42. The monoisotopic (exact) mass is 282 g/mol. The van der Waals surface area contributed by atoms with Gasteiger partial charge in [0.2, 0.25) is 17.5 Å². The molecule has 2 amide bonds. The summed E-state index contributed by atoms with van der Waals surface area (Å²) in [5, 5.41) is 13.0. The maximum Gasteiger partial charge on any atom is 0.348 e. The molecule has 0 bridgehead atoms. The van der Waals surface area contributed by atoms with Gasteiger partial charge >= 0.3 is 5.97 Å². The highest BCUT2D eigenvalue weighted by atomic mass is 32.1. The standard InChI is InChI=1S/C7H14N4O4S2/c8-5(10-3(12)1-16)7(9,6(14)15)11-4(13)2-17/h5,16-17H,1-2,8-9H2,(H,10,12)(H,11,13)(H,14,15). The van der Waals surface area contributed by atoms with Crippen molar-refractivity contribution in [2.75, 3.05) is 11.5 Å². The van der Waals surface area contributed by atoms with Gasteiger partial charge in [0.1, 0.15) is 6.17 Å². The van der Waals surface area contributed by atoms with Crippen LogP contribution in [0.1, 0.15) is 0 Å². The molecule has 2 unspecified atom stereocenters. The van der Waals surface area contributed by atoms with Crippen molar-refractivity contribution in [3.63, 3.8) is 0 Å². The number of amides is 2. The van der Waals surface area contributed by atoms with Crippen LogP contribution in [0.3, 0.4) is 0 Å². The molecule has 7 N–H and O–H groups in total. The van der Waals surface area contributed by atoms with Crippen molar-refractivity contribution < 1.29 is 19.5 Å². The van der Waals surface area contributed by atoms with Gasteiger partial charge in [-0.15, -0.1) is 0 Å². The first-order valence-corrected chi connectivity index (χ1v) is 5.64. The lowest BCUT2D eigenvalue weighted by atomic mass is 10.1. The van der Waals surface area contributed by atoms with Crippen molar-refractivity contribution in [2.24, 2.45) is 11.5 Å². The number of rotatable bonds is 6. The number of carboxylic acid groups (broad SMARTS) is 1. The minimum Gasteiger partial charge on any atom is -0.478 e. The molecule has 0 aromatic carbocycles. The molecular formula is C7H14N4O4S2. The minimum absolute atomic E-state index is 0.191. The topological polar surface area (TPSA) is 148 Å². The van der Waals surface area contributed by atoms with Crippen LogP contribution in [0, 0.1) is 0 Å². The Morgan fingerprint density at radius 1 is 1.24 bits per heavy atom. The highest BCUT2D eigenvalue weighted by molar-refractivity contribution is 7.81. The summed E-state index contributed by atoms with van der Waals surface area (Å²) in [6.45, 7) is 0. The predicted octanol–water partition coefficient (Wildman–Crippen LogP) is -2.90. The lowest BCUT2D eigenvalue weighted by molar-refractivity contribution is -0.149. The van der Waals surface area contributed by atoms with E-state index in [0.717, 1.165) is 0 Å².